The Bertz CT molecular complexity index is 845. The first-order chi connectivity index (χ1) is 10.7. The lowest BCUT2D eigenvalue weighted by atomic mass is 10.1. The van der Waals surface area contributed by atoms with E-state index < -0.39 is 11.6 Å². The van der Waals surface area contributed by atoms with Crippen molar-refractivity contribution in [3.05, 3.63) is 77.6 Å². The zero-order valence-corrected chi connectivity index (χ0v) is 11.5. The summed E-state index contributed by atoms with van der Waals surface area (Å²) >= 11 is 0. The highest BCUT2D eigenvalue weighted by Crippen LogP contribution is 2.22. The van der Waals surface area contributed by atoms with E-state index in [0.717, 1.165) is 11.6 Å². The van der Waals surface area contributed by atoms with Gasteiger partial charge in [-0.3, -0.25) is 0 Å². The van der Waals surface area contributed by atoms with Crippen molar-refractivity contribution in [2.75, 3.05) is 0 Å². The number of nitrogens with zero attached hydrogens (tertiary/aromatic N) is 3. The Balaban J connectivity index is 1.93. The van der Waals surface area contributed by atoms with Gasteiger partial charge in [-0.25, -0.2) is 13.8 Å². The second-order valence-corrected chi connectivity index (χ2v) is 4.81. The normalized spacial score (nSPS) is 10.4. The molecule has 0 spiro atoms. The summed E-state index contributed by atoms with van der Waals surface area (Å²) in [6.07, 6.45) is 3.30. The number of hydrogen-bond acceptors (Lipinski definition) is 2. The minimum absolute atomic E-state index is 0.250. The van der Waals surface area contributed by atoms with Gasteiger partial charge in [-0.05, 0) is 29.8 Å². The number of rotatable bonds is 3. The smallest absolute Gasteiger partial charge is 0.143 e. The first kappa shape index (κ1) is 14.0. The molecule has 0 radical (unpaired) electrons. The summed E-state index contributed by atoms with van der Waals surface area (Å²) in [6.45, 7) is 0.484. The van der Waals surface area contributed by atoms with Gasteiger partial charge in [-0.15, -0.1) is 0 Å². The van der Waals surface area contributed by atoms with Crippen LogP contribution in [0.15, 0.2) is 54.9 Å². The van der Waals surface area contributed by atoms with E-state index in [9.17, 15) is 8.78 Å². The molecule has 1 aromatic heterocycles. The molecular formula is C17H11F2N3. The maximum Gasteiger partial charge on any atom is 0.143 e. The lowest BCUT2D eigenvalue weighted by Gasteiger charge is -2.09. The molecule has 0 atom stereocenters. The van der Waals surface area contributed by atoms with Crippen molar-refractivity contribution < 1.29 is 8.78 Å². The van der Waals surface area contributed by atoms with Crippen LogP contribution in [0.3, 0.4) is 0 Å². The van der Waals surface area contributed by atoms with Crippen molar-refractivity contribution in [2.24, 2.45) is 0 Å². The Morgan fingerprint density at radius 1 is 1.09 bits per heavy atom. The molecule has 0 aliphatic heterocycles. The third-order valence-corrected chi connectivity index (χ3v) is 3.32. The quantitative estimate of drug-likeness (QED) is 0.738. The van der Waals surface area contributed by atoms with E-state index in [2.05, 4.69) is 11.1 Å². The molecule has 3 aromatic rings. The molecule has 3 rings (SSSR count). The Morgan fingerprint density at radius 2 is 1.86 bits per heavy atom. The highest BCUT2D eigenvalue weighted by Gasteiger charge is 2.12. The van der Waals surface area contributed by atoms with E-state index in [1.54, 1.807) is 29.1 Å². The van der Waals surface area contributed by atoms with Gasteiger partial charge in [0.2, 0.25) is 0 Å². The van der Waals surface area contributed by atoms with Gasteiger partial charge in [-0.1, -0.05) is 12.1 Å². The Hall–Kier alpha value is -3.00. The molecule has 0 bridgehead atoms. The summed E-state index contributed by atoms with van der Waals surface area (Å²) < 4.78 is 28.7. The molecule has 0 aliphatic carbocycles. The monoisotopic (exact) mass is 295 g/mol. The minimum atomic E-state index is -0.646. The molecule has 3 nitrogen and oxygen atoms in total. The van der Waals surface area contributed by atoms with Crippen LogP contribution >= 0.6 is 0 Å². The molecule has 5 heteroatoms. The SMILES string of the molecule is N#Cc1ccc(Cn2ccnc2-c2ccc(F)cc2F)cc1. The second-order valence-electron chi connectivity index (χ2n) is 4.81. The number of aromatic nitrogens is 2. The number of benzene rings is 2. The maximum absolute atomic E-state index is 13.9. The van der Waals surface area contributed by atoms with E-state index in [1.165, 1.54) is 12.1 Å². The van der Waals surface area contributed by atoms with Crippen LogP contribution in [0.1, 0.15) is 11.1 Å². The molecule has 0 saturated carbocycles. The summed E-state index contributed by atoms with van der Waals surface area (Å²) in [7, 11) is 0. The van der Waals surface area contributed by atoms with Crippen LogP contribution in [0.2, 0.25) is 0 Å². The van der Waals surface area contributed by atoms with Crippen LogP contribution in [0, 0.1) is 23.0 Å². The predicted molar refractivity (Wildman–Crippen MR) is 77.8 cm³/mol. The molecule has 2 aromatic carbocycles. The predicted octanol–water partition coefficient (Wildman–Crippen LogP) is 3.75. The van der Waals surface area contributed by atoms with Gasteiger partial charge in [0.25, 0.3) is 0 Å². The van der Waals surface area contributed by atoms with Crippen molar-refractivity contribution in [3.8, 4) is 17.5 Å². The number of imidazole rings is 1. The van der Waals surface area contributed by atoms with Crippen LogP contribution in [0.25, 0.3) is 11.4 Å². The number of halogens is 2. The Morgan fingerprint density at radius 3 is 2.55 bits per heavy atom. The lowest BCUT2D eigenvalue weighted by Crippen LogP contribution is -2.02. The first-order valence-corrected chi connectivity index (χ1v) is 6.63. The van der Waals surface area contributed by atoms with E-state index in [4.69, 9.17) is 5.26 Å². The highest BCUT2D eigenvalue weighted by atomic mass is 19.1. The van der Waals surface area contributed by atoms with Gasteiger partial charge in [0.15, 0.2) is 0 Å². The summed E-state index contributed by atoms with van der Waals surface area (Å²) in [5, 5.41) is 8.79. The summed E-state index contributed by atoms with van der Waals surface area (Å²) in [4.78, 5) is 4.15. The largest absolute Gasteiger partial charge is 0.326 e. The zero-order chi connectivity index (χ0) is 15.5. The third-order valence-electron chi connectivity index (χ3n) is 3.32. The van der Waals surface area contributed by atoms with Crippen LogP contribution in [0.5, 0.6) is 0 Å². The fourth-order valence-corrected chi connectivity index (χ4v) is 2.23. The summed E-state index contributed by atoms with van der Waals surface area (Å²) in [5.74, 6) is -0.833. The van der Waals surface area contributed by atoms with Gasteiger partial charge >= 0.3 is 0 Å². The second kappa shape index (κ2) is 5.78. The Kier molecular flexibility index (Phi) is 3.67. The topological polar surface area (TPSA) is 41.6 Å². The third kappa shape index (κ3) is 2.72. The zero-order valence-electron chi connectivity index (χ0n) is 11.5. The summed E-state index contributed by atoms with van der Waals surface area (Å²) in [5.41, 5.74) is 1.79. The van der Waals surface area contributed by atoms with Crippen LogP contribution in [-0.2, 0) is 6.54 Å². The molecular weight excluding hydrogens is 284 g/mol. The van der Waals surface area contributed by atoms with E-state index in [0.29, 0.717) is 17.9 Å². The van der Waals surface area contributed by atoms with Crippen LogP contribution in [0.4, 0.5) is 8.78 Å². The maximum atomic E-state index is 13.9. The fraction of sp³-hybridized carbons (Fsp3) is 0.0588. The van der Waals surface area contributed by atoms with Gasteiger partial charge in [0, 0.05) is 25.0 Å². The fourth-order valence-electron chi connectivity index (χ4n) is 2.23. The molecule has 108 valence electrons. The van der Waals surface area contributed by atoms with Gasteiger partial charge < -0.3 is 4.57 Å². The minimum Gasteiger partial charge on any atom is -0.326 e. The van der Waals surface area contributed by atoms with E-state index in [-0.39, 0.29) is 5.56 Å². The highest BCUT2D eigenvalue weighted by molar-refractivity contribution is 5.56. The summed E-state index contributed by atoms with van der Waals surface area (Å²) in [6, 6.07) is 12.6. The molecule has 0 fully saturated rings. The van der Waals surface area contributed by atoms with E-state index >= 15 is 0 Å². The standard InChI is InChI=1S/C17H11F2N3/c18-14-5-6-15(16(19)9-14)17-21-7-8-22(17)11-13-3-1-12(10-20)2-4-13/h1-9H,11H2. The van der Waals surface area contributed by atoms with Crippen LogP contribution in [-0.4, -0.2) is 9.55 Å². The van der Waals surface area contributed by atoms with Crippen LogP contribution < -0.4 is 0 Å². The molecule has 0 amide bonds. The average Bonchev–Trinajstić information content (AvgIpc) is 2.96. The molecule has 0 N–H and O–H groups in total. The molecule has 0 unspecified atom stereocenters. The molecule has 22 heavy (non-hydrogen) atoms. The van der Waals surface area contributed by atoms with Crippen molar-refractivity contribution >= 4 is 0 Å². The van der Waals surface area contributed by atoms with Gasteiger partial charge in [0.1, 0.15) is 17.5 Å². The van der Waals surface area contributed by atoms with Crippen molar-refractivity contribution in [2.45, 2.75) is 6.54 Å². The van der Waals surface area contributed by atoms with Crippen molar-refractivity contribution in [3.63, 3.8) is 0 Å². The molecule has 0 saturated heterocycles. The van der Waals surface area contributed by atoms with Crippen molar-refractivity contribution in [1.82, 2.24) is 9.55 Å². The average molecular weight is 295 g/mol. The first-order valence-electron chi connectivity index (χ1n) is 6.63. The molecule has 1 heterocycles. The molecule has 0 aliphatic rings. The van der Waals surface area contributed by atoms with Gasteiger partial charge in [0.05, 0.1) is 17.2 Å². The van der Waals surface area contributed by atoms with E-state index in [1.807, 2.05) is 12.1 Å². The van der Waals surface area contributed by atoms with Gasteiger partial charge in [-0.2, -0.15) is 5.26 Å². The lowest BCUT2D eigenvalue weighted by molar-refractivity contribution is 0.584. The number of nitriles is 1. The van der Waals surface area contributed by atoms with Crippen molar-refractivity contribution in [1.29, 1.82) is 5.26 Å². The Labute approximate surface area is 126 Å². The number of hydrogen-bond donors (Lipinski definition) is 0.